The topological polar surface area (TPSA) is 96.7 Å². The summed E-state index contributed by atoms with van der Waals surface area (Å²) in [5.74, 6) is 3.34. The van der Waals surface area contributed by atoms with Crippen LogP contribution in [-0.2, 0) is 11.4 Å². The minimum Gasteiger partial charge on any atom is -0.497 e. The highest BCUT2D eigenvalue weighted by Crippen LogP contribution is 2.33. The van der Waals surface area contributed by atoms with Crippen molar-refractivity contribution in [3.05, 3.63) is 78.1 Å². The molecule has 1 aliphatic heterocycles. The molecule has 2 heterocycles. The third-order valence-electron chi connectivity index (χ3n) is 5.58. The lowest BCUT2D eigenvalue weighted by Crippen LogP contribution is -2.17. The molecule has 0 radical (unpaired) electrons. The summed E-state index contributed by atoms with van der Waals surface area (Å²) < 4.78 is 24.3. The number of hydrogen-bond donors (Lipinski definition) is 1. The smallest absolute Gasteiger partial charge is 0.234 e. The predicted molar refractivity (Wildman–Crippen MR) is 140 cm³/mol. The number of carbonyl (C=O) groups is 1. The number of carbonyl (C=O) groups excluding carboxylic acids is 1. The summed E-state index contributed by atoms with van der Waals surface area (Å²) in [6.45, 7) is 3.24. The number of anilines is 1. The molecule has 10 heteroatoms. The Morgan fingerprint density at radius 3 is 2.46 bits per heavy atom. The molecule has 0 unspecified atom stereocenters. The second-order valence-corrected chi connectivity index (χ2v) is 9.17. The monoisotopic (exact) mass is 518 g/mol. The Morgan fingerprint density at radius 2 is 1.70 bits per heavy atom. The molecule has 1 amide bonds. The van der Waals surface area contributed by atoms with Crippen molar-refractivity contribution in [2.45, 2.75) is 18.7 Å². The molecule has 1 aromatic heterocycles. The van der Waals surface area contributed by atoms with Crippen LogP contribution in [0.1, 0.15) is 11.4 Å². The Bertz CT molecular complexity index is 1370. The van der Waals surface area contributed by atoms with E-state index in [1.807, 2.05) is 60.0 Å². The van der Waals surface area contributed by atoms with Gasteiger partial charge in [0, 0.05) is 17.4 Å². The Kier molecular flexibility index (Phi) is 7.46. The van der Waals surface area contributed by atoms with Gasteiger partial charge in [0.05, 0.1) is 12.9 Å². The molecule has 0 bridgehead atoms. The predicted octanol–water partition coefficient (Wildman–Crippen LogP) is 4.67. The molecule has 9 nitrogen and oxygen atoms in total. The highest BCUT2D eigenvalue weighted by atomic mass is 32.2. The zero-order chi connectivity index (χ0) is 25.6. The molecular weight excluding hydrogens is 492 g/mol. The first-order valence-electron chi connectivity index (χ1n) is 11.7. The van der Waals surface area contributed by atoms with Crippen LogP contribution in [0, 0.1) is 6.92 Å². The number of rotatable bonds is 9. The maximum Gasteiger partial charge on any atom is 0.234 e. The maximum atomic E-state index is 12.7. The minimum atomic E-state index is -0.177. The van der Waals surface area contributed by atoms with Crippen molar-refractivity contribution in [2.75, 3.05) is 31.4 Å². The van der Waals surface area contributed by atoms with Crippen molar-refractivity contribution in [1.29, 1.82) is 0 Å². The minimum absolute atomic E-state index is 0.140. The Hall–Kier alpha value is -4.18. The highest BCUT2D eigenvalue weighted by molar-refractivity contribution is 7.99. The van der Waals surface area contributed by atoms with Gasteiger partial charge in [-0.15, -0.1) is 10.2 Å². The molecule has 0 saturated heterocycles. The number of fused-ring (bicyclic) bond motifs is 1. The number of ether oxygens (including phenoxy) is 4. The van der Waals surface area contributed by atoms with E-state index in [4.69, 9.17) is 18.9 Å². The first-order valence-corrected chi connectivity index (χ1v) is 12.7. The zero-order valence-corrected chi connectivity index (χ0v) is 21.3. The summed E-state index contributed by atoms with van der Waals surface area (Å²) in [4.78, 5) is 12.7. The van der Waals surface area contributed by atoms with Crippen molar-refractivity contribution < 1.29 is 23.7 Å². The quantitative estimate of drug-likeness (QED) is 0.320. The van der Waals surface area contributed by atoms with E-state index in [1.54, 1.807) is 25.3 Å². The van der Waals surface area contributed by atoms with Gasteiger partial charge in [-0.05, 0) is 55.5 Å². The number of nitrogens with zero attached hydrogens (tertiary/aromatic N) is 3. The maximum absolute atomic E-state index is 12.7. The molecule has 3 aromatic carbocycles. The number of methoxy groups -OCH3 is 1. The molecule has 4 aromatic rings. The first kappa shape index (κ1) is 24.5. The standard InChI is InChI=1S/C27H26N4O5S/c1-18-3-8-22(9-4-18)36-16-25-29-30-27(31(25)20-6-10-21(33-2)11-7-20)37-17-26(32)28-19-5-12-23-24(15-19)35-14-13-34-23/h3-12,15H,13-14,16-17H2,1-2H3,(H,28,32). The Morgan fingerprint density at radius 1 is 0.973 bits per heavy atom. The van der Waals surface area contributed by atoms with E-state index in [0.717, 1.165) is 22.7 Å². The van der Waals surface area contributed by atoms with E-state index in [2.05, 4.69) is 15.5 Å². The molecule has 1 N–H and O–H groups in total. The van der Waals surface area contributed by atoms with Gasteiger partial charge in [-0.25, -0.2) is 0 Å². The summed E-state index contributed by atoms with van der Waals surface area (Å²) in [5, 5.41) is 12.2. The van der Waals surface area contributed by atoms with Crippen LogP contribution in [0.25, 0.3) is 5.69 Å². The number of hydrogen-bond acceptors (Lipinski definition) is 8. The van der Waals surface area contributed by atoms with Gasteiger partial charge in [0.1, 0.15) is 31.3 Å². The summed E-state index contributed by atoms with van der Waals surface area (Å²) >= 11 is 1.29. The highest BCUT2D eigenvalue weighted by Gasteiger charge is 2.18. The van der Waals surface area contributed by atoms with Gasteiger partial charge in [-0.2, -0.15) is 0 Å². The normalized spacial score (nSPS) is 12.2. The summed E-state index contributed by atoms with van der Waals surface area (Å²) in [5.41, 5.74) is 2.63. The number of amides is 1. The van der Waals surface area contributed by atoms with Crippen molar-refractivity contribution in [3.8, 4) is 28.7 Å². The lowest BCUT2D eigenvalue weighted by Gasteiger charge is -2.19. The molecule has 37 heavy (non-hydrogen) atoms. The zero-order valence-electron chi connectivity index (χ0n) is 20.5. The number of aromatic nitrogens is 3. The van der Waals surface area contributed by atoms with Gasteiger partial charge in [0.15, 0.2) is 22.5 Å². The fourth-order valence-corrected chi connectivity index (χ4v) is 4.48. The fourth-order valence-electron chi connectivity index (χ4n) is 3.71. The molecule has 0 atom stereocenters. The van der Waals surface area contributed by atoms with Gasteiger partial charge >= 0.3 is 0 Å². The molecular formula is C27H26N4O5S. The number of thioether (sulfide) groups is 1. The third kappa shape index (κ3) is 5.97. The van der Waals surface area contributed by atoms with Crippen LogP contribution in [0.5, 0.6) is 23.0 Å². The second kappa shape index (κ2) is 11.3. The average molecular weight is 519 g/mol. The van der Waals surface area contributed by atoms with E-state index in [1.165, 1.54) is 11.8 Å². The van der Waals surface area contributed by atoms with Crippen LogP contribution in [0.2, 0.25) is 0 Å². The van der Waals surface area contributed by atoms with Crippen LogP contribution < -0.4 is 24.3 Å². The van der Waals surface area contributed by atoms with Gasteiger partial charge < -0.3 is 24.3 Å². The Labute approximate surface area is 218 Å². The van der Waals surface area contributed by atoms with Crippen LogP contribution in [-0.4, -0.2) is 46.7 Å². The lowest BCUT2D eigenvalue weighted by atomic mass is 10.2. The molecule has 0 fully saturated rings. The summed E-state index contributed by atoms with van der Waals surface area (Å²) in [6.07, 6.45) is 0. The van der Waals surface area contributed by atoms with E-state index in [-0.39, 0.29) is 18.3 Å². The van der Waals surface area contributed by atoms with Crippen LogP contribution in [0.15, 0.2) is 71.9 Å². The van der Waals surface area contributed by atoms with Crippen molar-refractivity contribution in [3.63, 3.8) is 0 Å². The SMILES string of the molecule is COc1ccc(-n2c(COc3ccc(C)cc3)nnc2SCC(=O)Nc2ccc3c(c2)OCCO3)cc1. The lowest BCUT2D eigenvalue weighted by molar-refractivity contribution is -0.113. The molecule has 190 valence electrons. The summed E-state index contributed by atoms with van der Waals surface area (Å²) in [7, 11) is 1.62. The van der Waals surface area contributed by atoms with Gasteiger partial charge in [-0.3, -0.25) is 9.36 Å². The van der Waals surface area contributed by atoms with E-state index < -0.39 is 0 Å². The fraction of sp³-hybridized carbons (Fsp3) is 0.222. The van der Waals surface area contributed by atoms with Gasteiger partial charge in [0.25, 0.3) is 0 Å². The third-order valence-corrected chi connectivity index (χ3v) is 6.51. The number of aryl methyl sites for hydroxylation is 1. The van der Waals surface area contributed by atoms with Crippen molar-refractivity contribution in [1.82, 2.24) is 14.8 Å². The van der Waals surface area contributed by atoms with Gasteiger partial charge in [-0.1, -0.05) is 29.5 Å². The molecule has 0 saturated carbocycles. The van der Waals surface area contributed by atoms with E-state index in [9.17, 15) is 4.79 Å². The molecule has 0 aliphatic carbocycles. The number of nitrogens with one attached hydrogen (secondary N) is 1. The van der Waals surface area contributed by atoms with Crippen LogP contribution in [0.3, 0.4) is 0 Å². The second-order valence-electron chi connectivity index (χ2n) is 8.23. The number of benzene rings is 3. The van der Waals surface area contributed by atoms with Crippen LogP contribution >= 0.6 is 11.8 Å². The van der Waals surface area contributed by atoms with Gasteiger partial charge in [0.2, 0.25) is 5.91 Å². The average Bonchev–Trinajstić information content (AvgIpc) is 3.34. The molecule has 1 aliphatic rings. The van der Waals surface area contributed by atoms with E-state index >= 15 is 0 Å². The summed E-state index contributed by atoms with van der Waals surface area (Å²) in [6, 6.07) is 20.7. The largest absolute Gasteiger partial charge is 0.497 e. The first-order chi connectivity index (χ1) is 18.1. The molecule has 0 spiro atoms. The van der Waals surface area contributed by atoms with Crippen LogP contribution in [0.4, 0.5) is 5.69 Å². The Balaban J connectivity index is 1.30. The van der Waals surface area contributed by atoms with Crippen molar-refractivity contribution in [2.24, 2.45) is 0 Å². The molecule has 5 rings (SSSR count). The van der Waals surface area contributed by atoms with E-state index in [0.29, 0.717) is 41.4 Å². The van der Waals surface area contributed by atoms with Crippen molar-refractivity contribution >= 4 is 23.4 Å².